The van der Waals surface area contributed by atoms with Crippen LogP contribution in [-0.4, -0.2) is 19.1 Å². The molecule has 0 saturated carbocycles. The molecule has 1 atom stereocenters. The van der Waals surface area contributed by atoms with Crippen molar-refractivity contribution in [2.45, 2.75) is 12.9 Å². The number of hydrogen-bond acceptors (Lipinski definition) is 3. The van der Waals surface area contributed by atoms with E-state index in [-0.39, 0.29) is 0 Å². The summed E-state index contributed by atoms with van der Waals surface area (Å²) in [6, 6.07) is -1.53. The van der Waals surface area contributed by atoms with Gasteiger partial charge in [0.1, 0.15) is 6.04 Å². The van der Waals surface area contributed by atoms with Crippen LogP contribution in [-0.2, 0) is 9.53 Å². The zero-order valence-electron chi connectivity index (χ0n) is 6.97. The largest absolute Gasteiger partial charge is 0.468 e. The van der Waals surface area contributed by atoms with Crippen LogP contribution in [0.25, 0.3) is 0 Å². The first-order valence-electron chi connectivity index (χ1n) is 3.23. The third kappa shape index (κ3) is 2.17. The maximum Gasteiger partial charge on any atom is 0.322 e. The second kappa shape index (κ2) is 2.58. The van der Waals surface area contributed by atoms with Crippen molar-refractivity contribution in [3.05, 3.63) is 0 Å². The highest BCUT2D eigenvalue weighted by molar-refractivity contribution is 5.74. The fourth-order valence-electron chi connectivity index (χ4n) is 0.127. The summed E-state index contributed by atoms with van der Waals surface area (Å²) in [4.78, 5) is 10.5. The summed E-state index contributed by atoms with van der Waals surface area (Å²) >= 11 is 0. The van der Waals surface area contributed by atoms with Crippen molar-refractivity contribution in [1.82, 2.24) is 0 Å². The maximum atomic E-state index is 10.5. The number of hydrogen-bond donors (Lipinski definition) is 1. The van der Waals surface area contributed by atoms with Crippen molar-refractivity contribution in [2.24, 2.45) is 5.73 Å². The lowest BCUT2D eigenvalue weighted by molar-refractivity contribution is -0.141. The zero-order chi connectivity index (χ0) is 8.36. The van der Waals surface area contributed by atoms with E-state index in [1.54, 1.807) is 0 Å². The Morgan fingerprint density at radius 2 is 2.71 bits per heavy atom. The van der Waals surface area contributed by atoms with E-state index in [1.165, 1.54) is 0 Å². The van der Waals surface area contributed by atoms with Gasteiger partial charge in [-0.1, -0.05) is 0 Å². The Morgan fingerprint density at radius 3 is 2.86 bits per heavy atom. The molecule has 0 heterocycles. The average Bonchev–Trinajstić information content (AvgIpc) is 1.83. The van der Waals surface area contributed by atoms with Crippen molar-refractivity contribution < 1.29 is 13.6 Å². The normalized spacial score (nSPS) is 21.1. The van der Waals surface area contributed by atoms with Crippen molar-refractivity contribution in [3.8, 4) is 0 Å². The van der Waals surface area contributed by atoms with Gasteiger partial charge in [0.05, 0.1) is 7.11 Å². The van der Waals surface area contributed by atoms with Crippen LogP contribution in [0.2, 0.25) is 0 Å². The van der Waals surface area contributed by atoms with Gasteiger partial charge in [-0.25, -0.2) is 0 Å². The van der Waals surface area contributed by atoms with E-state index in [0.29, 0.717) is 0 Å². The van der Waals surface area contributed by atoms with Crippen LogP contribution < -0.4 is 5.73 Å². The van der Waals surface area contributed by atoms with Crippen LogP contribution in [0.15, 0.2) is 0 Å². The number of carbonyl (C=O) groups is 1. The van der Waals surface area contributed by atoms with Gasteiger partial charge >= 0.3 is 5.97 Å². The van der Waals surface area contributed by atoms with E-state index in [4.69, 9.17) is 9.85 Å². The number of carbonyl (C=O) groups excluding carboxylic acids is 1. The molecule has 0 aromatic carbocycles. The van der Waals surface area contributed by atoms with Crippen molar-refractivity contribution in [3.63, 3.8) is 0 Å². The Bertz CT molecular complexity index is 133. The predicted molar refractivity (Wildman–Crippen MR) is 25.7 cm³/mol. The average molecular weight is 106 g/mol. The third-order valence-electron chi connectivity index (χ3n) is 0.455. The lowest BCUT2D eigenvalue weighted by Crippen LogP contribution is -2.27. The molecule has 0 aliphatic heterocycles. The predicted octanol–water partition coefficient (Wildman–Crippen LogP) is -0.493. The minimum Gasteiger partial charge on any atom is -0.468 e. The summed E-state index contributed by atoms with van der Waals surface area (Å²) in [5, 5.41) is 0. The lowest BCUT2D eigenvalue weighted by atomic mass is 10.4. The van der Waals surface area contributed by atoms with Crippen LogP contribution in [0.3, 0.4) is 0 Å². The van der Waals surface area contributed by atoms with Gasteiger partial charge in [0, 0.05) is 4.11 Å². The van der Waals surface area contributed by atoms with Gasteiger partial charge in [-0.15, -0.1) is 0 Å². The van der Waals surface area contributed by atoms with Crippen LogP contribution in [0.4, 0.5) is 0 Å². The molecule has 0 saturated heterocycles. The monoisotopic (exact) mass is 106 g/mol. The van der Waals surface area contributed by atoms with Crippen LogP contribution in [0.1, 0.15) is 11.0 Å². The van der Waals surface area contributed by atoms with Gasteiger partial charge in [-0.2, -0.15) is 0 Å². The molecule has 0 amide bonds. The van der Waals surface area contributed by atoms with Crippen molar-refractivity contribution >= 4 is 5.97 Å². The molecule has 2 N–H and O–H groups in total. The number of esters is 1. The first-order chi connectivity index (χ1) is 4.39. The highest BCUT2D eigenvalue weighted by atomic mass is 16.5. The quantitative estimate of drug-likeness (QED) is 0.459. The van der Waals surface area contributed by atoms with Gasteiger partial charge in [0.25, 0.3) is 0 Å². The minimum atomic E-state index is -2.47. The maximum absolute atomic E-state index is 10.5. The summed E-state index contributed by atoms with van der Waals surface area (Å²) in [5.74, 6) is -0.917. The summed E-state index contributed by atoms with van der Waals surface area (Å²) in [6.45, 7) is -2.47. The first kappa shape index (κ1) is 2.67. The lowest BCUT2D eigenvalue weighted by Gasteiger charge is -1.98. The number of rotatable bonds is 1. The fourth-order valence-corrected chi connectivity index (χ4v) is 0.127. The van der Waals surface area contributed by atoms with Crippen molar-refractivity contribution in [1.29, 1.82) is 0 Å². The van der Waals surface area contributed by atoms with Gasteiger partial charge in [0.2, 0.25) is 0 Å². The summed E-state index contributed by atoms with van der Waals surface area (Å²) in [7, 11) is 1.09. The topological polar surface area (TPSA) is 52.3 Å². The van der Waals surface area contributed by atoms with Crippen LogP contribution >= 0.6 is 0 Å². The molecule has 7 heavy (non-hydrogen) atoms. The van der Waals surface area contributed by atoms with E-state index < -0.39 is 18.9 Å². The Hall–Kier alpha value is -0.570. The van der Waals surface area contributed by atoms with E-state index >= 15 is 0 Å². The minimum absolute atomic E-state index is 0.917. The Labute approximate surface area is 46.7 Å². The fraction of sp³-hybridized carbons (Fsp3) is 0.750. The molecule has 0 fully saturated rings. The van der Waals surface area contributed by atoms with Gasteiger partial charge in [0.15, 0.2) is 0 Å². The summed E-state index contributed by atoms with van der Waals surface area (Å²) in [5.41, 5.74) is 4.97. The van der Waals surface area contributed by atoms with E-state index in [9.17, 15) is 4.79 Å². The second-order valence-electron chi connectivity index (χ2n) is 1.00. The van der Waals surface area contributed by atoms with Gasteiger partial charge in [-0.05, 0) is 6.85 Å². The van der Waals surface area contributed by atoms with E-state index in [2.05, 4.69) is 4.74 Å². The van der Waals surface area contributed by atoms with Gasteiger partial charge < -0.3 is 10.5 Å². The number of nitrogens with two attached hydrogens (primary N) is 1. The first-order valence-corrected chi connectivity index (χ1v) is 1.73. The third-order valence-corrected chi connectivity index (χ3v) is 0.455. The Morgan fingerprint density at radius 1 is 2.14 bits per heavy atom. The molecule has 0 aliphatic carbocycles. The molecule has 0 aromatic heterocycles. The molecule has 0 radical (unpaired) electrons. The van der Waals surface area contributed by atoms with Crippen LogP contribution in [0, 0.1) is 0 Å². The molecule has 0 bridgehead atoms. The highest BCUT2D eigenvalue weighted by Gasteiger charge is 2.03. The molecule has 0 rings (SSSR count). The summed E-state index contributed by atoms with van der Waals surface area (Å²) < 4.78 is 24.2. The van der Waals surface area contributed by atoms with Crippen LogP contribution in [0.5, 0.6) is 0 Å². The number of ether oxygens (including phenoxy) is 1. The standard InChI is InChI=1S/C4H9NO2/c1-3(5)4(6)7-2/h3H,5H2,1-2H3/t3-/m0/s1/i1D3. The smallest absolute Gasteiger partial charge is 0.322 e. The van der Waals surface area contributed by atoms with Crippen molar-refractivity contribution in [2.75, 3.05) is 7.11 Å². The van der Waals surface area contributed by atoms with E-state index in [1.807, 2.05) is 0 Å². The molecule has 0 unspecified atom stereocenters. The molecular weight excluding hydrogens is 94.0 g/mol. The highest BCUT2D eigenvalue weighted by Crippen LogP contribution is 1.76. The molecule has 0 aromatic rings. The van der Waals surface area contributed by atoms with Gasteiger partial charge in [-0.3, -0.25) is 4.79 Å². The van der Waals surface area contributed by atoms with E-state index in [0.717, 1.165) is 7.11 Å². The molecular formula is C4H9NO2. The summed E-state index contributed by atoms with van der Waals surface area (Å²) in [6.07, 6.45) is 0. The molecule has 3 nitrogen and oxygen atoms in total. The Kier molecular flexibility index (Phi) is 0.982. The number of methoxy groups -OCH3 is 1. The zero-order valence-corrected chi connectivity index (χ0v) is 3.97. The second-order valence-corrected chi connectivity index (χ2v) is 1.00. The molecule has 0 spiro atoms. The molecule has 3 heteroatoms. The molecule has 0 aliphatic rings. The Balaban J connectivity index is 4.08. The SMILES string of the molecule is [2H]C([2H])([2H])[C@H](N)C(=O)OC. The molecule has 42 valence electrons.